The lowest BCUT2D eigenvalue weighted by Gasteiger charge is -2.43. The first-order valence-electron chi connectivity index (χ1n) is 9.65. The molecule has 0 aliphatic carbocycles. The van der Waals surface area contributed by atoms with Gasteiger partial charge in [-0.3, -0.25) is 9.59 Å². The third-order valence-corrected chi connectivity index (χ3v) is 6.80. The lowest BCUT2D eigenvalue weighted by atomic mass is 9.80. The predicted octanol–water partition coefficient (Wildman–Crippen LogP) is 4.16. The monoisotopic (exact) mass is 382 g/mol. The number of likely N-dealkylation sites (tertiary alicyclic amines) is 1. The van der Waals surface area contributed by atoms with Crippen molar-refractivity contribution >= 4 is 23.2 Å². The summed E-state index contributed by atoms with van der Waals surface area (Å²) in [5, 5.41) is 2.01. The molecule has 0 N–H and O–H groups in total. The molecule has 27 heavy (non-hydrogen) atoms. The molecule has 3 heterocycles. The molecule has 4 nitrogen and oxygen atoms in total. The molecule has 5 heteroatoms. The van der Waals surface area contributed by atoms with Crippen LogP contribution in [-0.2, 0) is 4.79 Å². The second-order valence-corrected chi connectivity index (χ2v) is 9.11. The maximum atomic E-state index is 13.8. The van der Waals surface area contributed by atoms with Crippen molar-refractivity contribution in [3.8, 4) is 0 Å². The molecule has 1 saturated heterocycles. The van der Waals surface area contributed by atoms with Crippen molar-refractivity contribution in [2.24, 2.45) is 11.8 Å². The highest BCUT2D eigenvalue weighted by molar-refractivity contribution is 7.10. The highest BCUT2D eigenvalue weighted by atomic mass is 32.1. The van der Waals surface area contributed by atoms with E-state index in [0.717, 1.165) is 30.0 Å². The van der Waals surface area contributed by atoms with Crippen LogP contribution in [-0.4, -0.2) is 41.8 Å². The topological polar surface area (TPSA) is 40.6 Å². The van der Waals surface area contributed by atoms with Crippen LogP contribution in [0.5, 0.6) is 0 Å². The fourth-order valence-corrected chi connectivity index (χ4v) is 5.70. The van der Waals surface area contributed by atoms with E-state index in [1.165, 1.54) is 0 Å². The van der Waals surface area contributed by atoms with Crippen molar-refractivity contribution in [1.29, 1.82) is 0 Å². The van der Waals surface area contributed by atoms with Crippen LogP contribution in [0.4, 0.5) is 0 Å². The van der Waals surface area contributed by atoms with Crippen LogP contribution in [0.15, 0.2) is 41.8 Å². The average Bonchev–Trinajstić information content (AvgIpc) is 3.17. The number of carbonyl (C=O) groups is 2. The molecule has 2 aromatic rings. The summed E-state index contributed by atoms with van der Waals surface area (Å²) < 4.78 is 0. The first kappa shape index (κ1) is 18.2. The Hall–Kier alpha value is -2.14. The lowest BCUT2D eigenvalue weighted by molar-refractivity contribution is -0.137. The first-order chi connectivity index (χ1) is 13.0. The van der Waals surface area contributed by atoms with Gasteiger partial charge in [0.05, 0.1) is 12.0 Å². The maximum Gasteiger partial charge on any atom is 0.254 e. The summed E-state index contributed by atoms with van der Waals surface area (Å²) in [5.41, 5.74) is 1.53. The third-order valence-electron chi connectivity index (χ3n) is 5.86. The van der Waals surface area contributed by atoms with Gasteiger partial charge in [0.2, 0.25) is 5.91 Å². The van der Waals surface area contributed by atoms with Crippen molar-refractivity contribution in [3.63, 3.8) is 0 Å². The number of benzene rings is 1. The van der Waals surface area contributed by atoms with Crippen LogP contribution in [0.2, 0.25) is 0 Å². The lowest BCUT2D eigenvalue weighted by Crippen LogP contribution is -2.50. The Morgan fingerprint density at radius 1 is 1.07 bits per heavy atom. The SMILES string of the molecule is CC1CC(C)CN(C(=O)C2c3ccccc3C(=O)N(C)C2c2cccs2)C1. The molecule has 4 unspecified atom stereocenters. The highest BCUT2D eigenvalue weighted by Crippen LogP contribution is 2.44. The molecule has 1 aromatic heterocycles. The second-order valence-electron chi connectivity index (χ2n) is 8.13. The molecule has 2 aliphatic heterocycles. The van der Waals surface area contributed by atoms with Crippen molar-refractivity contribution in [3.05, 3.63) is 57.8 Å². The average molecular weight is 383 g/mol. The number of amides is 2. The highest BCUT2D eigenvalue weighted by Gasteiger charge is 2.45. The number of hydrogen-bond donors (Lipinski definition) is 0. The smallest absolute Gasteiger partial charge is 0.254 e. The van der Waals surface area contributed by atoms with Crippen LogP contribution >= 0.6 is 11.3 Å². The molecule has 0 bridgehead atoms. The Labute approximate surface area is 164 Å². The quantitative estimate of drug-likeness (QED) is 0.782. The van der Waals surface area contributed by atoms with Crippen molar-refractivity contribution < 1.29 is 9.59 Å². The summed E-state index contributed by atoms with van der Waals surface area (Å²) in [6, 6.07) is 11.4. The molecule has 4 atom stereocenters. The zero-order valence-corrected chi connectivity index (χ0v) is 16.9. The van der Waals surface area contributed by atoms with Crippen molar-refractivity contribution in [1.82, 2.24) is 9.80 Å². The molecule has 2 aliphatic rings. The van der Waals surface area contributed by atoms with Gasteiger partial charge in [0, 0.05) is 30.6 Å². The molecule has 1 aromatic carbocycles. The number of carbonyl (C=O) groups excluding carboxylic acids is 2. The van der Waals surface area contributed by atoms with E-state index in [0.29, 0.717) is 17.4 Å². The van der Waals surface area contributed by atoms with E-state index in [1.807, 2.05) is 53.7 Å². The van der Waals surface area contributed by atoms with Crippen LogP contribution < -0.4 is 0 Å². The van der Waals surface area contributed by atoms with Crippen molar-refractivity contribution in [2.45, 2.75) is 32.2 Å². The third kappa shape index (κ3) is 3.18. The Bertz CT molecular complexity index is 838. The number of piperidine rings is 1. The van der Waals surface area contributed by atoms with Crippen LogP contribution in [0.25, 0.3) is 0 Å². The largest absolute Gasteiger partial charge is 0.342 e. The van der Waals surface area contributed by atoms with Crippen LogP contribution in [0, 0.1) is 11.8 Å². The Kier molecular flexibility index (Phi) is 4.81. The minimum absolute atomic E-state index is 0.00608. The van der Waals surface area contributed by atoms with Gasteiger partial charge in [-0.15, -0.1) is 11.3 Å². The van der Waals surface area contributed by atoms with Gasteiger partial charge in [-0.25, -0.2) is 0 Å². The Balaban J connectivity index is 1.79. The minimum atomic E-state index is -0.347. The van der Waals surface area contributed by atoms with E-state index in [4.69, 9.17) is 0 Å². The van der Waals surface area contributed by atoms with Gasteiger partial charge in [-0.2, -0.15) is 0 Å². The number of rotatable bonds is 2. The zero-order chi connectivity index (χ0) is 19.1. The van der Waals surface area contributed by atoms with E-state index in [-0.39, 0.29) is 23.8 Å². The van der Waals surface area contributed by atoms with Crippen LogP contribution in [0.3, 0.4) is 0 Å². The number of fused-ring (bicyclic) bond motifs is 1. The Morgan fingerprint density at radius 3 is 2.44 bits per heavy atom. The minimum Gasteiger partial charge on any atom is -0.342 e. The summed E-state index contributed by atoms with van der Waals surface area (Å²) in [4.78, 5) is 31.6. The van der Waals surface area contributed by atoms with E-state index >= 15 is 0 Å². The van der Waals surface area contributed by atoms with Crippen molar-refractivity contribution in [2.75, 3.05) is 20.1 Å². The molecule has 142 valence electrons. The standard InChI is InChI=1S/C22H26N2O2S/c1-14-11-15(2)13-24(12-14)22(26)19-16-7-4-5-8-17(16)21(25)23(3)20(19)18-9-6-10-27-18/h4-10,14-15,19-20H,11-13H2,1-3H3. The Morgan fingerprint density at radius 2 is 1.78 bits per heavy atom. The summed E-state index contributed by atoms with van der Waals surface area (Å²) in [6.45, 7) is 6.04. The summed E-state index contributed by atoms with van der Waals surface area (Å²) in [7, 11) is 1.82. The van der Waals surface area contributed by atoms with E-state index in [9.17, 15) is 9.59 Å². The number of likely N-dealkylation sites (N-methyl/N-ethyl adjacent to an activating group) is 1. The summed E-state index contributed by atoms with van der Waals surface area (Å²) in [6.07, 6.45) is 1.16. The fraction of sp³-hybridized carbons (Fsp3) is 0.455. The van der Waals surface area contributed by atoms with Gasteiger partial charge >= 0.3 is 0 Å². The van der Waals surface area contributed by atoms with Gasteiger partial charge in [-0.1, -0.05) is 38.1 Å². The van der Waals surface area contributed by atoms with Gasteiger partial charge < -0.3 is 9.80 Å². The molecular weight excluding hydrogens is 356 g/mol. The van der Waals surface area contributed by atoms with E-state index in [1.54, 1.807) is 16.2 Å². The number of thiophene rings is 1. The normalized spacial score (nSPS) is 28.2. The predicted molar refractivity (Wildman–Crippen MR) is 108 cm³/mol. The zero-order valence-electron chi connectivity index (χ0n) is 16.1. The second kappa shape index (κ2) is 7.12. The van der Waals surface area contributed by atoms with Crippen LogP contribution in [0.1, 0.15) is 53.0 Å². The molecule has 0 radical (unpaired) electrons. The van der Waals surface area contributed by atoms with E-state index in [2.05, 4.69) is 13.8 Å². The molecule has 0 spiro atoms. The van der Waals surface area contributed by atoms with Gasteiger partial charge in [0.1, 0.15) is 0 Å². The molecule has 4 rings (SSSR count). The number of nitrogens with zero attached hydrogens (tertiary/aromatic N) is 2. The molecule has 0 saturated carbocycles. The van der Waals surface area contributed by atoms with E-state index < -0.39 is 0 Å². The molecule has 1 fully saturated rings. The summed E-state index contributed by atoms with van der Waals surface area (Å²) in [5.74, 6) is 0.819. The molecule has 2 amide bonds. The van der Waals surface area contributed by atoms with Gasteiger partial charge in [0.25, 0.3) is 5.91 Å². The van der Waals surface area contributed by atoms with Gasteiger partial charge in [0.15, 0.2) is 0 Å². The molecular formula is C22H26N2O2S. The number of hydrogen-bond acceptors (Lipinski definition) is 3. The first-order valence-corrected chi connectivity index (χ1v) is 10.5. The summed E-state index contributed by atoms with van der Waals surface area (Å²) >= 11 is 1.61. The fourth-order valence-electron chi connectivity index (χ4n) is 4.80. The maximum absolute atomic E-state index is 13.8. The van der Waals surface area contributed by atoms with Gasteiger partial charge in [-0.05, 0) is 41.3 Å².